The van der Waals surface area contributed by atoms with Crippen LogP contribution in [-0.2, 0) is 14.3 Å². The molecule has 0 saturated carbocycles. The Morgan fingerprint density at radius 3 is 2.15 bits per heavy atom. The number of carbonyl (C=O) groups excluding carboxylic acids is 3. The van der Waals surface area contributed by atoms with Crippen LogP contribution >= 0.6 is 0 Å². The summed E-state index contributed by atoms with van der Waals surface area (Å²) in [6.07, 6.45) is 0.908. The van der Waals surface area contributed by atoms with Crippen molar-refractivity contribution >= 4 is 17.9 Å². The Morgan fingerprint density at radius 2 is 1.68 bits per heavy atom. The monoisotopic (exact) mass is 473 g/mol. The standard InChI is InChI=1S/C27H43N3O4/c1-12-16-30(24(32)21(17(2)3)28-25(33)34-27(9,10)11)22(23(31)29-26(6,7)8)20-15-13-14-18(4)19(20)5/h12-15,17,21-22H,1,16H2,2-11H3,(H,28,33)(H,29,31). The summed E-state index contributed by atoms with van der Waals surface area (Å²) in [6, 6.07) is 3.93. The van der Waals surface area contributed by atoms with Crippen LogP contribution in [0.4, 0.5) is 4.79 Å². The number of carbonyl (C=O) groups is 3. The predicted molar refractivity (Wildman–Crippen MR) is 136 cm³/mol. The highest BCUT2D eigenvalue weighted by Gasteiger charge is 2.38. The minimum Gasteiger partial charge on any atom is -0.444 e. The van der Waals surface area contributed by atoms with Crippen molar-refractivity contribution in [2.45, 2.75) is 92.5 Å². The second kappa shape index (κ2) is 11.5. The van der Waals surface area contributed by atoms with E-state index in [1.165, 1.54) is 4.90 Å². The van der Waals surface area contributed by atoms with Crippen LogP contribution in [0.3, 0.4) is 0 Å². The van der Waals surface area contributed by atoms with Gasteiger partial charge >= 0.3 is 6.09 Å². The fourth-order valence-electron chi connectivity index (χ4n) is 3.55. The average molecular weight is 474 g/mol. The zero-order valence-corrected chi connectivity index (χ0v) is 22.5. The molecule has 34 heavy (non-hydrogen) atoms. The van der Waals surface area contributed by atoms with E-state index in [4.69, 9.17) is 4.74 Å². The molecule has 7 nitrogen and oxygen atoms in total. The molecule has 2 unspecified atom stereocenters. The molecule has 2 atom stereocenters. The summed E-state index contributed by atoms with van der Waals surface area (Å²) in [4.78, 5) is 41.5. The average Bonchev–Trinajstić information content (AvgIpc) is 2.65. The van der Waals surface area contributed by atoms with Gasteiger partial charge in [0.05, 0.1) is 0 Å². The van der Waals surface area contributed by atoms with Gasteiger partial charge in [0, 0.05) is 12.1 Å². The molecule has 0 aromatic heterocycles. The molecule has 0 spiro atoms. The molecule has 0 aliphatic rings. The first-order chi connectivity index (χ1) is 15.5. The second-order valence-electron chi connectivity index (χ2n) is 11.1. The number of hydrogen-bond acceptors (Lipinski definition) is 4. The van der Waals surface area contributed by atoms with Gasteiger partial charge in [0.25, 0.3) is 0 Å². The first-order valence-electron chi connectivity index (χ1n) is 11.8. The van der Waals surface area contributed by atoms with Crippen molar-refractivity contribution in [2.24, 2.45) is 5.92 Å². The van der Waals surface area contributed by atoms with Gasteiger partial charge < -0.3 is 20.3 Å². The Morgan fingerprint density at radius 1 is 1.09 bits per heavy atom. The maximum Gasteiger partial charge on any atom is 0.408 e. The number of ether oxygens (including phenoxy) is 1. The number of amides is 3. The fraction of sp³-hybridized carbons (Fsp3) is 0.593. The van der Waals surface area contributed by atoms with Crippen molar-refractivity contribution in [3.05, 3.63) is 47.5 Å². The smallest absolute Gasteiger partial charge is 0.408 e. The van der Waals surface area contributed by atoms with Crippen molar-refractivity contribution in [2.75, 3.05) is 6.54 Å². The molecule has 2 N–H and O–H groups in total. The zero-order chi connectivity index (χ0) is 26.4. The number of aryl methyl sites for hydroxylation is 1. The molecule has 0 saturated heterocycles. The SMILES string of the molecule is C=CCN(C(=O)C(NC(=O)OC(C)(C)C)C(C)C)C(C(=O)NC(C)(C)C)c1cccc(C)c1C. The third kappa shape index (κ3) is 8.50. The highest BCUT2D eigenvalue weighted by Crippen LogP contribution is 2.28. The summed E-state index contributed by atoms with van der Waals surface area (Å²) in [7, 11) is 0. The zero-order valence-electron chi connectivity index (χ0n) is 22.5. The van der Waals surface area contributed by atoms with Crippen LogP contribution in [0.15, 0.2) is 30.9 Å². The van der Waals surface area contributed by atoms with Crippen molar-refractivity contribution < 1.29 is 19.1 Å². The van der Waals surface area contributed by atoms with E-state index in [0.29, 0.717) is 0 Å². The number of nitrogens with zero attached hydrogens (tertiary/aromatic N) is 1. The molecule has 1 aromatic rings. The van der Waals surface area contributed by atoms with Crippen LogP contribution in [0.1, 0.15) is 78.1 Å². The number of benzene rings is 1. The highest BCUT2D eigenvalue weighted by atomic mass is 16.6. The summed E-state index contributed by atoms with van der Waals surface area (Å²) in [5.41, 5.74) is 1.48. The molecule has 7 heteroatoms. The van der Waals surface area contributed by atoms with Gasteiger partial charge in [-0.1, -0.05) is 38.1 Å². The van der Waals surface area contributed by atoms with Gasteiger partial charge in [0.2, 0.25) is 11.8 Å². The van der Waals surface area contributed by atoms with E-state index < -0.39 is 29.3 Å². The summed E-state index contributed by atoms with van der Waals surface area (Å²) < 4.78 is 5.38. The van der Waals surface area contributed by atoms with Gasteiger partial charge in [-0.3, -0.25) is 9.59 Å². The lowest BCUT2D eigenvalue weighted by atomic mass is 9.93. The molecule has 0 heterocycles. The third-order valence-electron chi connectivity index (χ3n) is 5.21. The maximum atomic E-state index is 13.9. The van der Waals surface area contributed by atoms with Crippen LogP contribution in [0.5, 0.6) is 0 Å². The van der Waals surface area contributed by atoms with Crippen LogP contribution < -0.4 is 10.6 Å². The second-order valence-corrected chi connectivity index (χ2v) is 11.1. The van der Waals surface area contributed by atoms with E-state index in [-0.39, 0.29) is 24.3 Å². The lowest BCUT2D eigenvalue weighted by Gasteiger charge is -2.37. The molecule has 190 valence electrons. The molecule has 0 aliphatic heterocycles. The van der Waals surface area contributed by atoms with Crippen molar-refractivity contribution in [1.29, 1.82) is 0 Å². The fourth-order valence-corrected chi connectivity index (χ4v) is 3.55. The van der Waals surface area contributed by atoms with E-state index in [9.17, 15) is 14.4 Å². The summed E-state index contributed by atoms with van der Waals surface area (Å²) in [5.74, 6) is -0.913. The topological polar surface area (TPSA) is 87.7 Å². The summed E-state index contributed by atoms with van der Waals surface area (Å²) >= 11 is 0. The Hall–Kier alpha value is -2.83. The van der Waals surface area contributed by atoms with Crippen molar-refractivity contribution in [3.8, 4) is 0 Å². The summed E-state index contributed by atoms with van der Waals surface area (Å²) in [6.45, 7) is 22.5. The van der Waals surface area contributed by atoms with Crippen LogP contribution in [-0.4, -0.2) is 46.5 Å². The molecule has 1 aromatic carbocycles. The number of hydrogen-bond donors (Lipinski definition) is 2. The molecule has 1 rings (SSSR count). The molecule has 3 amide bonds. The molecular weight excluding hydrogens is 430 g/mol. The van der Waals surface area contributed by atoms with E-state index in [0.717, 1.165) is 16.7 Å². The Kier molecular flexibility index (Phi) is 9.91. The first-order valence-corrected chi connectivity index (χ1v) is 11.8. The quantitative estimate of drug-likeness (QED) is 0.530. The van der Waals surface area contributed by atoms with Gasteiger partial charge in [-0.15, -0.1) is 6.58 Å². The number of rotatable bonds is 8. The normalized spacial score (nSPS) is 13.6. The minimum atomic E-state index is -0.897. The van der Waals surface area contributed by atoms with Crippen molar-refractivity contribution in [1.82, 2.24) is 15.5 Å². The number of alkyl carbamates (subject to hydrolysis) is 1. The Labute approximate surface area is 205 Å². The number of nitrogens with one attached hydrogen (secondary N) is 2. The van der Waals surface area contributed by atoms with E-state index in [2.05, 4.69) is 17.2 Å². The molecule has 0 fully saturated rings. The van der Waals surface area contributed by atoms with Gasteiger partial charge in [-0.2, -0.15) is 0 Å². The Balaban J connectivity index is 3.54. The van der Waals surface area contributed by atoms with Gasteiger partial charge in [-0.05, 0) is 78.0 Å². The molecule has 0 bridgehead atoms. The van der Waals surface area contributed by atoms with E-state index >= 15 is 0 Å². The largest absolute Gasteiger partial charge is 0.444 e. The van der Waals surface area contributed by atoms with Crippen LogP contribution in [0.25, 0.3) is 0 Å². The lowest BCUT2D eigenvalue weighted by molar-refractivity contribution is -0.143. The van der Waals surface area contributed by atoms with Gasteiger partial charge in [-0.25, -0.2) is 4.79 Å². The third-order valence-corrected chi connectivity index (χ3v) is 5.21. The lowest BCUT2D eigenvalue weighted by Crippen LogP contribution is -2.56. The maximum absolute atomic E-state index is 13.9. The van der Waals surface area contributed by atoms with E-state index in [1.807, 2.05) is 66.7 Å². The van der Waals surface area contributed by atoms with Crippen LogP contribution in [0, 0.1) is 19.8 Å². The Bertz CT molecular complexity index is 894. The molecule has 0 aliphatic carbocycles. The van der Waals surface area contributed by atoms with Gasteiger partial charge in [0.15, 0.2) is 0 Å². The highest BCUT2D eigenvalue weighted by molar-refractivity contribution is 5.92. The predicted octanol–water partition coefficient (Wildman–Crippen LogP) is 4.82. The van der Waals surface area contributed by atoms with Crippen molar-refractivity contribution in [3.63, 3.8) is 0 Å². The van der Waals surface area contributed by atoms with E-state index in [1.54, 1.807) is 26.8 Å². The first kappa shape index (κ1) is 29.2. The van der Waals surface area contributed by atoms with Crippen LogP contribution in [0.2, 0.25) is 0 Å². The summed E-state index contributed by atoms with van der Waals surface area (Å²) in [5, 5.41) is 5.73. The molecule has 0 radical (unpaired) electrons. The molecular formula is C27H43N3O4. The van der Waals surface area contributed by atoms with Gasteiger partial charge in [0.1, 0.15) is 17.7 Å². The minimum absolute atomic E-state index is 0.133.